The largest absolute Gasteiger partial charge is 0.309 e. The molecule has 1 heterocycles. The van der Waals surface area contributed by atoms with Crippen LogP contribution in [0.2, 0.25) is 0 Å². The van der Waals surface area contributed by atoms with E-state index < -0.39 is 34.6 Å². The van der Waals surface area contributed by atoms with Crippen LogP contribution in [0.1, 0.15) is 11.1 Å². The Kier molecular flexibility index (Phi) is 5.56. The van der Waals surface area contributed by atoms with Crippen LogP contribution in [-0.2, 0) is 0 Å². The molecule has 38 heavy (non-hydrogen) atoms. The molecule has 5 aromatic carbocycles. The number of hydrogen-bond donors (Lipinski definition) is 0. The number of benzene rings is 5. The Morgan fingerprint density at radius 1 is 0.474 bits per heavy atom. The molecule has 0 saturated carbocycles. The Balaban J connectivity index is 1.60. The van der Waals surface area contributed by atoms with E-state index in [-0.39, 0.29) is 5.56 Å². The molecule has 0 aliphatic heterocycles. The van der Waals surface area contributed by atoms with Crippen LogP contribution in [-0.4, -0.2) is 4.57 Å². The maximum Gasteiger partial charge on any atom is 0.200 e. The van der Waals surface area contributed by atoms with Crippen molar-refractivity contribution in [2.24, 2.45) is 0 Å². The average Bonchev–Trinajstić information content (AvgIpc) is 3.25. The van der Waals surface area contributed by atoms with Gasteiger partial charge in [0, 0.05) is 10.8 Å². The molecule has 188 valence electrons. The number of nitrogens with zero attached hydrogens (tertiary/aromatic N) is 1. The van der Waals surface area contributed by atoms with Gasteiger partial charge in [-0.05, 0) is 72.0 Å². The van der Waals surface area contributed by atoms with E-state index in [0.29, 0.717) is 11.1 Å². The maximum absolute atomic E-state index is 14.6. The van der Waals surface area contributed by atoms with Crippen molar-refractivity contribution in [3.8, 4) is 27.9 Å². The van der Waals surface area contributed by atoms with E-state index in [1.807, 2.05) is 66.7 Å². The van der Waals surface area contributed by atoms with E-state index in [4.69, 9.17) is 0 Å². The molecule has 0 atom stereocenters. The zero-order chi connectivity index (χ0) is 26.7. The van der Waals surface area contributed by atoms with Gasteiger partial charge in [-0.15, -0.1) is 0 Å². The summed E-state index contributed by atoms with van der Waals surface area (Å²) < 4.78 is 72.8. The first-order valence-electron chi connectivity index (χ1n) is 12.0. The Labute approximate surface area is 215 Å². The van der Waals surface area contributed by atoms with Crippen molar-refractivity contribution in [2.75, 3.05) is 0 Å². The molecular weight excluding hydrogens is 493 g/mol. The highest BCUT2D eigenvalue weighted by atomic mass is 19.2. The fourth-order valence-electron chi connectivity index (χ4n) is 5.34. The van der Waals surface area contributed by atoms with Crippen LogP contribution in [0.5, 0.6) is 0 Å². The summed E-state index contributed by atoms with van der Waals surface area (Å²) in [6.07, 6.45) is 0. The van der Waals surface area contributed by atoms with Gasteiger partial charge in [0.2, 0.25) is 5.82 Å². The topological polar surface area (TPSA) is 4.93 Å². The summed E-state index contributed by atoms with van der Waals surface area (Å²) in [5.41, 5.74) is 5.03. The molecule has 0 bridgehead atoms. The third-order valence-corrected chi connectivity index (χ3v) is 6.99. The summed E-state index contributed by atoms with van der Waals surface area (Å²) in [7, 11) is 0. The summed E-state index contributed by atoms with van der Waals surface area (Å²) >= 11 is 0. The second-order valence-electron chi connectivity index (χ2n) is 9.35. The smallest absolute Gasteiger partial charge is 0.200 e. The molecule has 1 aromatic heterocycles. The number of halogens is 5. The first-order valence-corrected chi connectivity index (χ1v) is 12.0. The average molecular weight is 514 g/mol. The standard InChI is InChI=1S/C32H20F5N/c1-17-14-21(26-27(33)29(35)31(37)30(36)28(26)34)15-18(2)32(17)38-24-11-7-6-10-22(24)23-16-20(12-13-25(23)38)19-8-4-3-5-9-19/h3-16H,1-2H3. The molecule has 6 rings (SSSR count). The molecule has 0 saturated heterocycles. The molecule has 0 unspecified atom stereocenters. The van der Waals surface area contributed by atoms with Gasteiger partial charge in [0.1, 0.15) is 0 Å². The van der Waals surface area contributed by atoms with Crippen molar-refractivity contribution in [3.05, 3.63) is 125 Å². The van der Waals surface area contributed by atoms with E-state index >= 15 is 0 Å². The highest BCUT2D eigenvalue weighted by molar-refractivity contribution is 6.10. The SMILES string of the molecule is Cc1cc(-c2c(F)c(F)c(F)c(F)c2F)cc(C)c1-n1c2ccccc2c2cc(-c3ccccc3)ccc21. The number of aromatic nitrogens is 1. The second kappa shape index (κ2) is 8.84. The minimum atomic E-state index is -2.17. The van der Waals surface area contributed by atoms with Crippen molar-refractivity contribution in [3.63, 3.8) is 0 Å². The van der Waals surface area contributed by atoms with Gasteiger partial charge in [-0.1, -0.05) is 54.6 Å². The van der Waals surface area contributed by atoms with Crippen LogP contribution in [0.25, 0.3) is 49.7 Å². The van der Waals surface area contributed by atoms with Crippen LogP contribution >= 0.6 is 0 Å². The van der Waals surface area contributed by atoms with Crippen LogP contribution < -0.4 is 0 Å². The zero-order valence-corrected chi connectivity index (χ0v) is 20.4. The molecule has 0 radical (unpaired) electrons. The van der Waals surface area contributed by atoms with Crippen LogP contribution in [0.15, 0.2) is 84.9 Å². The molecule has 0 N–H and O–H groups in total. The fraction of sp³-hybridized carbons (Fsp3) is 0.0625. The van der Waals surface area contributed by atoms with Crippen molar-refractivity contribution in [1.29, 1.82) is 0 Å². The first kappa shape index (κ1) is 23.9. The predicted molar refractivity (Wildman–Crippen MR) is 141 cm³/mol. The molecule has 0 fully saturated rings. The van der Waals surface area contributed by atoms with E-state index in [2.05, 4.69) is 10.6 Å². The molecule has 0 aliphatic rings. The van der Waals surface area contributed by atoms with Gasteiger partial charge in [0.25, 0.3) is 0 Å². The molecule has 1 nitrogen and oxygen atoms in total. The monoisotopic (exact) mass is 513 g/mol. The summed E-state index contributed by atoms with van der Waals surface area (Å²) in [6.45, 7) is 3.52. The highest BCUT2D eigenvalue weighted by Gasteiger charge is 2.27. The molecule has 0 spiro atoms. The van der Waals surface area contributed by atoms with Gasteiger partial charge in [-0.25, -0.2) is 22.0 Å². The molecule has 0 amide bonds. The van der Waals surface area contributed by atoms with Gasteiger partial charge in [0.15, 0.2) is 23.3 Å². The van der Waals surface area contributed by atoms with E-state index in [0.717, 1.165) is 38.6 Å². The number of para-hydroxylation sites is 1. The van der Waals surface area contributed by atoms with Crippen molar-refractivity contribution in [2.45, 2.75) is 13.8 Å². The number of fused-ring (bicyclic) bond motifs is 3. The van der Waals surface area contributed by atoms with Crippen molar-refractivity contribution >= 4 is 21.8 Å². The van der Waals surface area contributed by atoms with Crippen LogP contribution in [0, 0.1) is 42.9 Å². The number of hydrogen-bond acceptors (Lipinski definition) is 0. The number of rotatable bonds is 3. The third-order valence-electron chi connectivity index (χ3n) is 6.99. The Bertz CT molecular complexity index is 1830. The normalized spacial score (nSPS) is 11.6. The fourth-order valence-corrected chi connectivity index (χ4v) is 5.34. The lowest BCUT2D eigenvalue weighted by atomic mass is 9.97. The third kappa shape index (κ3) is 3.51. The van der Waals surface area contributed by atoms with Gasteiger partial charge < -0.3 is 4.57 Å². The molecule has 6 heteroatoms. The van der Waals surface area contributed by atoms with Crippen LogP contribution in [0.3, 0.4) is 0 Å². The van der Waals surface area contributed by atoms with Crippen molar-refractivity contribution in [1.82, 2.24) is 4.57 Å². The van der Waals surface area contributed by atoms with E-state index in [1.165, 1.54) is 12.1 Å². The molecule has 6 aromatic rings. The highest BCUT2D eigenvalue weighted by Crippen LogP contribution is 2.39. The lowest BCUT2D eigenvalue weighted by Gasteiger charge is -2.17. The lowest BCUT2D eigenvalue weighted by Crippen LogP contribution is -2.06. The van der Waals surface area contributed by atoms with Crippen molar-refractivity contribution < 1.29 is 22.0 Å². The van der Waals surface area contributed by atoms with Gasteiger partial charge >= 0.3 is 0 Å². The summed E-state index contributed by atoms with van der Waals surface area (Å²) in [5, 5.41) is 2.06. The van der Waals surface area contributed by atoms with Gasteiger partial charge in [-0.2, -0.15) is 0 Å². The Morgan fingerprint density at radius 2 is 1.03 bits per heavy atom. The minimum absolute atomic E-state index is 0.0799. The van der Waals surface area contributed by atoms with Gasteiger partial charge in [0.05, 0.1) is 22.3 Å². The summed E-state index contributed by atoms with van der Waals surface area (Å²) in [5.74, 6) is -9.80. The Morgan fingerprint density at radius 3 is 1.68 bits per heavy atom. The molecule has 0 aliphatic carbocycles. The number of aryl methyl sites for hydroxylation is 2. The lowest BCUT2D eigenvalue weighted by molar-refractivity contribution is 0.381. The summed E-state index contributed by atoms with van der Waals surface area (Å²) in [4.78, 5) is 0. The predicted octanol–water partition coefficient (Wildman–Crippen LogP) is 9.43. The second-order valence-corrected chi connectivity index (χ2v) is 9.35. The Hall–Kier alpha value is -4.45. The minimum Gasteiger partial charge on any atom is -0.309 e. The van der Waals surface area contributed by atoms with E-state index in [1.54, 1.807) is 13.8 Å². The first-order chi connectivity index (χ1) is 18.3. The summed E-state index contributed by atoms with van der Waals surface area (Å²) in [6, 6.07) is 27.1. The quantitative estimate of drug-likeness (QED) is 0.126. The zero-order valence-electron chi connectivity index (χ0n) is 20.4. The maximum atomic E-state index is 14.6. The van der Waals surface area contributed by atoms with E-state index in [9.17, 15) is 22.0 Å². The van der Waals surface area contributed by atoms with Crippen LogP contribution in [0.4, 0.5) is 22.0 Å². The molecular formula is C32H20F5N. The van der Waals surface area contributed by atoms with Gasteiger partial charge in [-0.3, -0.25) is 0 Å².